The number of hydrogen-bond donors (Lipinski definition) is 0. The molecule has 10 rings (SSSR count). The van der Waals surface area contributed by atoms with Crippen LogP contribution in [0.15, 0.2) is 156 Å². The molecule has 0 aliphatic heterocycles. The molecule has 0 spiro atoms. The third-order valence-electron chi connectivity index (χ3n) is 9.20. The normalized spacial score (nSPS) is 12.0. The van der Waals surface area contributed by atoms with E-state index in [2.05, 4.69) is 144 Å². The number of hydrogen-bond acceptors (Lipinski definition) is 2. The highest BCUT2D eigenvalue weighted by Crippen LogP contribution is 2.43. The van der Waals surface area contributed by atoms with E-state index in [1.54, 1.807) is 0 Å². The minimum Gasteiger partial charge on any atom is -0.455 e. The zero-order valence-corrected chi connectivity index (χ0v) is 25.0. The molecule has 0 saturated heterocycles. The summed E-state index contributed by atoms with van der Waals surface area (Å²) in [4.78, 5) is 0. The molecule has 3 heteroatoms. The number of para-hydroxylation sites is 3. The van der Waals surface area contributed by atoms with Crippen molar-refractivity contribution in [3.8, 4) is 27.9 Å². The summed E-state index contributed by atoms with van der Waals surface area (Å²) in [5.74, 6) is 0. The number of furan rings is 1. The predicted octanol–water partition coefficient (Wildman–Crippen LogP) is 12.4. The first-order chi connectivity index (χ1) is 22.3. The molecule has 7 aromatic carbocycles. The van der Waals surface area contributed by atoms with Crippen LogP contribution in [0.2, 0.25) is 0 Å². The predicted molar refractivity (Wildman–Crippen MR) is 192 cm³/mol. The fraction of sp³-hybridized carbons (Fsp3) is 0. The molecule has 210 valence electrons. The third kappa shape index (κ3) is 3.62. The summed E-state index contributed by atoms with van der Waals surface area (Å²) < 4.78 is 11.5. The van der Waals surface area contributed by atoms with Gasteiger partial charge in [-0.1, -0.05) is 109 Å². The smallest absolute Gasteiger partial charge is 0.143 e. The van der Waals surface area contributed by atoms with E-state index >= 15 is 0 Å². The Labute approximate surface area is 263 Å². The summed E-state index contributed by atoms with van der Waals surface area (Å²) in [6.07, 6.45) is 0. The maximum absolute atomic E-state index is 6.38. The van der Waals surface area contributed by atoms with E-state index in [0.29, 0.717) is 0 Å². The number of fused-ring (bicyclic) bond motifs is 10. The lowest BCUT2D eigenvalue weighted by molar-refractivity contribution is 0.670. The average Bonchev–Trinajstić information content (AvgIpc) is 3.78. The topological polar surface area (TPSA) is 18.1 Å². The molecule has 0 unspecified atom stereocenters. The van der Waals surface area contributed by atoms with Gasteiger partial charge in [0.15, 0.2) is 0 Å². The molecule has 0 N–H and O–H groups in total. The highest BCUT2D eigenvalue weighted by Gasteiger charge is 2.18. The highest BCUT2D eigenvalue weighted by molar-refractivity contribution is 7.26. The Balaban J connectivity index is 1.15. The Hall–Kier alpha value is -5.64. The minimum absolute atomic E-state index is 0.919. The SMILES string of the molecule is c1cc(-c2cccc(-n3c4ccccc4c4c5sc6ccccc6c5ccc43)c2)cc(-c2cccc3c2oc2ccccc23)c1. The van der Waals surface area contributed by atoms with Gasteiger partial charge in [-0.15, -0.1) is 11.3 Å². The van der Waals surface area contributed by atoms with Crippen molar-refractivity contribution in [2.45, 2.75) is 0 Å². The second kappa shape index (κ2) is 9.43. The lowest BCUT2D eigenvalue weighted by atomic mass is 9.97. The van der Waals surface area contributed by atoms with Crippen LogP contribution in [0.3, 0.4) is 0 Å². The third-order valence-corrected chi connectivity index (χ3v) is 10.4. The van der Waals surface area contributed by atoms with Gasteiger partial charge >= 0.3 is 0 Å². The standard InChI is InChI=1S/C42H25NOS/c1-4-19-36-35(16-1)40-37(23-22-34-32-15-3-6-21-39(32)45-42(34)40)43(36)29-13-8-11-27(25-29)26-10-7-12-28(24-26)30-17-9-18-33-31-14-2-5-20-38(31)44-41(30)33/h1-25H. The van der Waals surface area contributed by atoms with E-state index in [0.717, 1.165) is 38.8 Å². The maximum atomic E-state index is 6.38. The number of rotatable bonds is 3. The molecule has 3 aromatic heterocycles. The largest absolute Gasteiger partial charge is 0.455 e. The molecular formula is C42H25NOS. The Bertz CT molecular complexity index is 2770. The van der Waals surface area contributed by atoms with Crippen LogP contribution in [0, 0.1) is 0 Å². The van der Waals surface area contributed by atoms with Gasteiger partial charge in [0.2, 0.25) is 0 Å². The Morgan fingerprint density at radius 3 is 2.11 bits per heavy atom. The minimum atomic E-state index is 0.919. The zero-order chi connectivity index (χ0) is 29.5. The van der Waals surface area contributed by atoms with Gasteiger partial charge in [0.25, 0.3) is 0 Å². The molecule has 10 aromatic rings. The second-order valence-corrected chi connectivity index (χ2v) is 12.8. The van der Waals surface area contributed by atoms with Crippen molar-refractivity contribution in [3.63, 3.8) is 0 Å². The van der Waals surface area contributed by atoms with Crippen molar-refractivity contribution in [1.82, 2.24) is 4.57 Å². The van der Waals surface area contributed by atoms with Crippen LogP contribution in [-0.4, -0.2) is 4.57 Å². The van der Waals surface area contributed by atoms with Gasteiger partial charge in [0.05, 0.1) is 11.0 Å². The first-order valence-corrected chi connectivity index (χ1v) is 16.1. The van der Waals surface area contributed by atoms with Crippen LogP contribution < -0.4 is 0 Å². The van der Waals surface area contributed by atoms with Gasteiger partial charge < -0.3 is 8.98 Å². The van der Waals surface area contributed by atoms with Gasteiger partial charge in [-0.25, -0.2) is 0 Å². The van der Waals surface area contributed by atoms with E-state index in [9.17, 15) is 0 Å². The van der Waals surface area contributed by atoms with E-state index in [1.165, 1.54) is 53.1 Å². The summed E-state index contributed by atoms with van der Waals surface area (Å²) in [6, 6.07) is 54.6. The van der Waals surface area contributed by atoms with Gasteiger partial charge in [-0.05, 0) is 59.2 Å². The lowest BCUT2D eigenvalue weighted by Crippen LogP contribution is -1.94. The van der Waals surface area contributed by atoms with Gasteiger partial charge in [0.1, 0.15) is 11.2 Å². The summed E-state index contributed by atoms with van der Waals surface area (Å²) in [6.45, 7) is 0. The Kier molecular flexibility index (Phi) is 5.19. The molecule has 0 saturated carbocycles. The molecular weight excluding hydrogens is 567 g/mol. The zero-order valence-electron chi connectivity index (χ0n) is 24.2. The molecule has 2 nitrogen and oxygen atoms in total. The van der Waals surface area contributed by atoms with E-state index in [4.69, 9.17) is 4.42 Å². The summed E-state index contributed by atoms with van der Waals surface area (Å²) in [7, 11) is 0. The first-order valence-electron chi connectivity index (χ1n) is 15.3. The molecule has 45 heavy (non-hydrogen) atoms. The number of nitrogens with zero attached hydrogens (tertiary/aromatic N) is 1. The fourth-order valence-electron chi connectivity index (χ4n) is 7.18. The van der Waals surface area contributed by atoms with E-state index in [-0.39, 0.29) is 0 Å². The fourth-order valence-corrected chi connectivity index (χ4v) is 8.44. The average molecular weight is 592 g/mol. The van der Waals surface area contributed by atoms with Crippen LogP contribution in [0.25, 0.3) is 91.9 Å². The Morgan fingerprint density at radius 2 is 1.18 bits per heavy atom. The molecule has 0 aliphatic carbocycles. The van der Waals surface area contributed by atoms with Crippen LogP contribution in [0.5, 0.6) is 0 Å². The van der Waals surface area contributed by atoms with Crippen LogP contribution >= 0.6 is 11.3 Å². The number of benzene rings is 7. The highest BCUT2D eigenvalue weighted by atomic mass is 32.1. The van der Waals surface area contributed by atoms with Gasteiger partial charge in [0, 0.05) is 53.0 Å². The van der Waals surface area contributed by atoms with Crippen LogP contribution in [0.4, 0.5) is 0 Å². The molecule has 0 amide bonds. The molecule has 0 atom stereocenters. The van der Waals surface area contributed by atoms with Crippen LogP contribution in [0.1, 0.15) is 0 Å². The van der Waals surface area contributed by atoms with Crippen molar-refractivity contribution >= 4 is 75.3 Å². The first kappa shape index (κ1) is 24.8. The van der Waals surface area contributed by atoms with Crippen LogP contribution in [-0.2, 0) is 0 Å². The summed E-state index contributed by atoms with van der Waals surface area (Å²) in [5, 5.41) is 7.58. The van der Waals surface area contributed by atoms with Crippen molar-refractivity contribution in [2.24, 2.45) is 0 Å². The monoisotopic (exact) mass is 591 g/mol. The lowest BCUT2D eigenvalue weighted by Gasteiger charge is -2.11. The molecule has 0 radical (unpaired) electrons. The summed E-state index contributed by atoms with van der Waals surface area (Å²) >= 11 is 1.89. The van der Waals surface area contributed by atoms with Crippen molar-refractivity contribution in [1.29, 1.82) is 0 Å². The molecule has 0 fully saturated rings. The van der Waals surface area contributed by atoms with Gasteiger partial charge in [-0.3, -0.25) is 0 Å². The quantitative estimate of drug-likeness (QED) is 0.200. The van der Waals surface area contributed by atoms with Crippen molar-refractivity contribution in [2.75, 3.05) is 0 Å². The van der Waals surface area contributed by atoms with Crippen molar-refractivity contribution < 1.29 is 4.42 Å². The molecule has 0 bridgehead atoms. The number of thiophene rings is 1. The van der Waals surface area contributed by atoms with E-state index in [1.807, 2.05) is 23.5 Å². The second-order valence-electron chi connectivity index (χ2n) is 11.7. The van der Waals surface area contributed by atoms with Crippen molar-refractivity contribution in [3.05, 3.63) is 152 Å². The van der Waals surface area contributed by atoms with Gasteiger partial charge in [-0.2, -0.15) is 0 Å². The summed E-state index contributed by atoms with van der Waals surface area (Å²) in [5.41, 5.74) is 10.1. The Morgan fingerprint density at radius 1 is 0.467 bits per heavy atom. The van der Waals surface area contributed by atoms with E-state index < -0.39 is 0 Å². The molecule has 3 heterocycles. The number of aromatic nitrogens is 1. The maximum Gasteiger partial charge on any atom is 0.143 e. The molecule has 0 aliphatic rings.